The van der Waals surface area contributed by atoms with Gasteiger partial charge >= 0.3 is 0 Å². The second-order valence-corrected chi connectivity index (χ2v) is 10.6. The number of unbranched alkanes of at least 4 members (excludes halogenated alkanes) is 5. The van der Waals surface area contributed by atoms with Crippen molar-refractivity contribution >= 4 is 0 Å². The van der Waals surface area contributed by atoms with Gasteiger partial charge in [-0.1, -0.05) is 128 Å². The molecule has 2 aromatic carbocycles. The van der Waals surface area contributed by atoms with Gasteiger partial charge in [-0.3, -0.25) is 0 Å². The van der Waals surface area contributed by atoms with Crippen LogP contribution in [0.1, 0.15) is 116 Å². The van der Waals surface area contributed by atoms with Crippen LogP contribution < -0.4 is 0 Å². The predicted octanol–water partition coefficient (Wildman–Crippen LogP) is 9.98. The lowest BCUT2D eigenvalue weighted by Gasteiger charge is -2.16. The van der Waals surface area contributed by atoms with Gasteiger partial charge < -0.3 is 9.47 Å². The zero-order valence-electron chi connectivity index (χ0n) is 24.3. The van der Waals surface area contributed by atoms with Gasteiger partial charge in [0.15, 0.2) is 0 Å². The molecule has 0 amide bonds. The van der Waals surface area contributed by atoms with E-state index in [1.807, 2.05) is 6.07 Å². The van der Waals surface area contributed by atoms with Crippen LogP contribution in [-0.4, -0.2) is 19.3 Å². The first-order valence-corrected chi connectivity index (χ1v) is 14.9. The van der Waals surface area contributed by atoms with Crippen molar-refractivity contribution < 1.29 is 9.47 Å². The molecule has 36 heavy (non-hydrogen) atoms. The van der Waals surface area contributed by atoms with Crippen molar-refractivity contribution in [3.63, 3.8) is 0 Å². The quantitative estimate of drug-likeness (QED) is 0.180. The summed E-state index contributed by atoms with van der Waals surface area (Å²) in [4.78, 5) is 0. The fraction of sp³-hybridized carbons (Fsp3) is 0.647. The summed E-state index contributed by atoms with van der Waals surface area (Å²) in [5.74, 6) is 0.848. The van der Waals surface area contributed by atoms with E-state index >= 15 is 0 Å². The van der Waals surface area contributed by atoms with E-state index in [0.29, 0.717) is 13.2 Å². The zero-order valence-corrected chi connectivity index (χ0v) is 24.3. The Kier molecular flexibility index (Phi) is 20.3. The lowest BCUT2D eigenvalue weighted by Crippen LogP contribution is -2.19. The molecule has 0 saturated heterocycles. The molecule has 0 heterocycles. The third kappa shape index (κ3) is 17.7. The molecule has 0 aliphatic heterocycles. The van der Waals surface area contributed by atoms with Crippen molar-refractivity contribution in [2.45, 2.75) is 124 Å². The standard InChI is InChI=1S/C31H48O2.C3H8/c1-4-31(33-25-30-19-11-7-12-20-30)26-32-23-14-8-13-18-29-22-15-21-28(24-29)17-10-6-5-9-16-27(2)3;1-3-2/h7,11-12,15,19-22,24,27,31H,4-6,8-10,13-14,16-18,23,25-26H2,1-3H3;3H2,1-2H3. The highest BCUT2D eigenvalue weighted by Gasteiger charge is 2.07. The highest BCUT2D eigenvalue weighted by Crippen LogP contribution is 2.15. The Bertz CT molecular complexity index is 725. The van der Waals surface area contributed by atoms with E-state index in [-0.39, 0.29) is 6.10 Å². The molecule has 2 nitrogen and oxygen atoms in total. The summed E-state index contributed by atoms with van der Waals surface area (Å²) in [7, 11) is 0. The lowest BCUT2D eigenvalue weighted by molar-refractivity contribution is -0.0268. The van der Waals surface area contributed by atoms with E-state index in [1.54, 1.807) is 0 Å². The molecule has 2 aromatic rings. The van der Waals surface area contributed by atoms with Gasteiger partial charge in [-0.15, -0.1) is 0 Å². The number of ether oxygens (including phenoxy) is 2. The maximum absolute atomic E-state index is 6.01. The molecule has 0 aliphatic carbocycles. The highest BCUT2D eigenvalue weighted by atomic mass is 16.5. The highest BCUT2D eigenvalue weighted by molar-refractivity contribution is 5.23. The molecule has 2 heteroatoms. The van der Waals surface area contributed by atoms with Crippen LogP contribution in [-0.2, 0) is 28.9 Å². The maximum atomic E-state index is 6.01. The monoisotopic (exact) mass is 496 g/mol. The molecule has 2 rings (SSSR count). The number of hydrogen-bond acceptors (Lipinski definition) is 2. The summed E-state index contributed by atoms with van der Waals surface area (Å²) in [6.45, 7) is 13.3. The largest absolute Gasteiger partial charge is 0.379 e. The Labute approximate surface area is 224 Å². The number of hydrogen-bond donors (Lipinski definition) is 0. The normalized spacial score (nSPS) is 11.8. The predicted molar refractivity (Wildman–Crippen MR) is 158 cm³/mol. The third-order valence-electron chi connectivity index (χ3n) is 6.33. The summed E-state index contributed by atoms with van der Waals surface area (Å²) in [5, 5.41) is 0. The third-order valence-corrected chi connectivity index (χ3v) is 6.33. The van der Waals surface area contributed by atoms with Gasteiger partial charge in [-0.25, -0.2) is 0 Å². The minimum Gasteiger partial charge on any atom is -0.379 e. The fourth-order valence-electron chi connectivity index (χ4n) is 4.17. The van der Waals surface area contributed by atoms with Crippen LogP contribution in [0.4, 0.5) is 0 Å². The average molecular weight is 497 g/mol. The lowest BCUT2D eigenvalue weighted by atomic mass is 10.00. The molecule has 0 spiro atoms. The number of aryl methyl sites for hydroxylation is 2. The Morgan fingerprint density at radius 3 is 1.86 bits per heavy atom. The second-order valence-electron chi connectivity index (χ2n) is 10.6. The molecule has 0 N–H and O–H groups in total. The minimum absolute atomic E-state index is 0.183. The summed E-state index contributed by atoms with van der Waals surface area (Å²) < 4.78 is 11.9. The van der Waals surface area contributed by atoms with Crippen molar-refractivity contribution in [3.05, 3.63) is 71.3 Å². The average Bonchev–Trinajstić information content (AvgIpc) is 2.88. The Morgan fingerprint density at radius 1 is 0.667 bits per heavy atom. The molecule has 0 bridgehead atoms. The second kappa shape index (κ2) is 22.5. The summed E-state index contributed by atoms with van der Waals surface area (Å²) in [5.41, 5.74) is 4.23. The zero-order chi connectivity index (χ0) is 26.3. The smallest absolute Gasteiger partial charge is 0.0810 e. The molecule has 204 valence electrons. The molecule has 0 fully saturated rings. The number of rotatable bonds is 19. The molecule has 0 saturated carbocycles. The van der Waals surface area contributed by atoms with Crippen molar-refractivity contribution in [3.8, 4) is 0 Å². The topological polar surface area (TPSA) is 18.5 Å². The van der Waals surface area contributed by atoms with Gasteiger partial charge in [0.2, 0.25) is 0 Å². The first-order valence-electron chi connectivity index (χ1n) is 14.9. The van der Waals surface area contributed by atoms with E-state index in [0.717, 1.165) is 25.4 Å². The van der Waals surface area contributed by atoms with Crippen LogP contribution in [0, 0.1) is 5.92 Å². The van der Waals surface area contributed by atoms with Crippen LogP contribution in [0.15, 0.2) is 54.6 Å². The summed E-state index contributed by atoms with van der Waals surface area (Å²) >= 11 is 0. The minimum atomic E-state index is 0.183. The first-order chi connectivity index (χ1) is 17.6. The van der Waals surface area contributed by atoms with Crippen molar-refractivity contribution in [2.75, 3.05) is 13.2 Å². The SMILES string of the molecule is CCC.CCC(COCCCCCc1cccc(CCCCCCC(C)C)c1)OCc1ccccc1. The Morgan fingerprint density at radius 2 is 1.25 bits per heavy atom. The maximum Gasteiger partial charge on any atom is 0.0810 e. The van der Waals surface area contributed by atoms with Crippen molar-refractivity contribution in [2.24, 2.45) is 5.92 Å². The molecule has 1 unspecified atom stereocenters. The summed E-state index contributed by atoms with van der Waals surface area (Å²) in [6.07, 6.45) is 15.3. The molecule has 1 atom stereocenters. The summed E-state index contributed by atoms with van der Waals surface area (Å²) in [6, 6.07) is 19.6. The first kappa shape index (κ1) is 32.4. The molecular weight excluding hydrogens is 440 g/mol. The Balaban J connectivity index is 0.00000205. The van der Waals surface area contributed by atoms with Gasteiger partial charge in [0.1, 0.15) is 0 Å². The fourth-order valence-corrected chi connectivity index (χ4v) is 4.17. The van der Waals surface area contributed by atoms with Gasteiger partial charge in [0, 0.05) is 6.61 Å². The van der Waals surface area contributed by atoms with Crippen molar-refractivity contribution in [1.29, 1.82) is 0 Å². The van der Waals surface area contributed by atoms with Gasteiger partial charge in [-0.2, -0.15) is 0 Å². The molecule has 0 aromatic heterocycles. The van der Waals surface area contributed by atoms with Gasteiger partial charge in [0.05, 0.1) is 19.3 Å². The van der Waals surface area contributed by atoms with Gasteiger partial charge in [0.25, 0.3) is 0 Å². The van der Waals surface area contributed by atoms with E-state index in [4.69, 9.17) is 9.47 Å². The van der Waals surface area contributed by atoms with E-state index in [2.05, 4.69) is 83.1 Å². The molecular formula is C34H56O2. The van der Waals surface area contributed by atoms with E-state index in [9.17, 15) is 0 Å². The van der Waals surface area contributed by atoms with Gasteiger partial charge in [-0.05, 0) is 61.1 Å². The Hall–Kier alpha value is -1.64. The van der Waals surface area contributed by atoms with Crippen molar-refractivity contribution in [1.82, 2.24) is 0 Å². The van der Waals surface area contributed by atoms with Crippen LogP contribution >= 0.6 is 0 Å². The molecule has 0 radical (unpaired) electrons. The van der Waals surface area contributed by atoms with Crippen LogP contribution in [0.3, 0.4) is 0 Å². The molecule has 0 aliphatic rings. The van der Waals surface area contributed by atoms with Crippen LogP contribution in [0.2, 0.25) is 0 Å². The van der Waals surface area contributed by atoms with E-state index in [1.165, 1.54) is 80.9 Å². The number of benzene rings is 2. The van der Waals surface area contributed by atoms with Crippen LogP contribution in [0.25, 0.3) is 0 Å². The van der Waals surface area contributed by atoms with E-state index < -0.39 is 0 Å². The van der Waals surface area contributed by atoms with Crippen LogP contribution in [0.5, 0.6) is 0 Å².